The number of nitro groups is 1. The lowest BCUT2D eigenvalue weighted by molar-refractivity contribution is -0.384. The van der Waals surface area contributed by atoms with E-state index >= 15 is 0 Å². The van der Waals surface area contributed by atoms with Crippen molar-refractivity contribution in [1.29, 1.82) is 0 Å². The monoisotopic (exact) mass is 349 g/mol. The minimum absolute atomic E-state index is 0.0243. The molecule has 0 aliphatic carbocycles. The molecule has 0 unspecified atom stereocenters. The highest BCUT2D eigenvalue weighted by atomic mass is 79.9. The predicted octanol–water partition coefficient (Wildman–Crippen LogP) is 3.78. The molecule has 0 saturated heterocycles. The van der Waals surface area contributed by atoms with Gasteiger partial charge in [-0.1, -0.05) is 15.9 Å². The topological polar surface area (TPSA) is 61.0 Å². The fourth-order valence-corrected chi connectivity index (χ4v) is 2.05. The second-order valence-corrected chi connectivity index (χ2v) is 4.89. The summed E-state index contributed by atoms with van der Waals surface area (Å²) in [7, 11) is 1.35. The summed E-state index contributed by atoms with van der Waals surface area (Å²) < 4.78 is 39.4. The molecule has 9 heteroatoms. The molecule has 5 nitrogen and oxygen atoms in total. The van der Waals surface area contributed by atoms with E-state index in [9.17, 15) is 23.3 Å². The van der Waals surface area contributed by atoms with Gasteiger partial charge in [-0.15, -0.1) is 0 Å². The Morgan fingerprint density at radius 1 is 1.40 bits per heavy atom. The zero-order valence-corrected chi connectivity index (χ0v) is 11.6. The van der Waals surface area contributed by atoms with Crippen LogP contribution in [0.25, 0.3) is 11.4 Å². The summed E-state index contributed by atoms with van der Waals surface area (Å²) in [5, 5.41) is 11.0. The smallest absolute Gasteiger partial charge is 0.333 e. The van der Waals surface area contributed by atoms with Crippen LogP contribution in [0, 0.1) is 10.1 Å². The van der Waals surface area contributed by atoms with Crippen LogP contribution in [0.3, 0.4) is 0 Å². The molecule has 0 saturated carbocycles. The number of hydrogen-bond donors (Lipinski definition) is 0. The van der Waals surface area contributed by atoms with E-state index in [1.54, 1.807) is 0 Å². The molecule has 0 bridgehead atoms. The molecule has 0 amide bonds. The first-order valence-electron chi connectivity index (χ1n) is 5.25. The Morgan fingerprint density at radius 3 is 2.55 bits per heavy atom. The molecular weight excluding hydrogens is 343 g/mol. The van der Waals surface area contributed by atoms with E-state index in [-0.39, 0.29) is 17.1 Å². The summed E-state index contributed by atoms with van der Waals surface area (Å²) in [6.07, 6.45) is -3.80. The van der Waals surface area contributed by atoms with Gasteiger partial charge in [0.2, 0.25) is 0 Å². The van der Waals surface area contributed by atoms with Crippen LogP contribution >= 0.6 is 15.9 Å². The van der Waals surface area contributed by atoms with Gasteiger partial charge in [0.05, 0.1) is 10.5 Å². The standard InChI is InChI=1S/C11H7BrF3N3O2/c1-17-5-9(11(13,14)15)16-10(17)7-3-2-6(12)4-8(7)18(19)20/h2-5H,1H3. The number of imidazole rings is 1. The highest BCUT2D eigenvalue weighted by molar-refractivity contribution is 9.10. The summed E-state index contributed by atoms with van der Waals surface area (Å²) in [5.74, 6) is -0.114. The Balaban J connectivity index is 2.63. The van der Waals surface area contributed by atoms with Crippen molar-refractivity contribution in [2.45, 2.75) is 6.18 Å². The lowest BCUT2D eigenvalue weighted by Gasteiger charge is -2.03. The molecule has 20 heavy (non-hydrogen) atoms. The van der Waals surface area contributed by atoms with E-state index in [0.29, 0.717) is 4.47 Å². The van der Waals surface area contributed by atoms with Crippen LogP contribution in [-0.4, -0.2) is 14.5 Å². The molecule has 1 heterocycles. The molecule has 2 rings (SSSR count). The van der Waals surface area contributed by atoms with Gasteiger partial charge in [-0.05, 0) is 12.1 Å². The third-order valence-corrected chi connectivity index (χ3v) is 3.06. The maximum Gasteiger partial charge on any atom is 0.434 e. The van der Waals surface area contributed by atoms with Crippen molar-refractivity contribution < 1.29 is 18.1 Å². The number of nitrogens with zero attached hydrogens (tertiary/aromatic N) is 3. The lowest BCUT2D eigenvalue weighted by atomic mass is 10.1. The lowest BCUT2D eigenvalue weighted by Crippen LogP contribution is -2.05. The number of benzene rings is 1. The summed E-state index contributed by atoms with van der Waals surface area (Å²) in [4.78, 5) is 13.8. The highest BCUT2D eigenvalue weighted by Crippen LogP contribution is 2.34. The van der Waals surface area contributed by atoms with Gasteiger partial charge in [0, 0.05) is 23.8 Å². The van der Waals surface area contributed by atoms with E-state index < -0.39 is 16.8 Å². The zero-order valence-electron chi connectivity index (χ0n) is 9.98. The minimum Gasteiger partial charge on any atom is -0.333 e. The van der Waals surface area contributed by atoms with Crippen LogP contribution in [0.2, 0.25) is 0 Å². The largest absolute Gasteiger partial charge is 0.434 e. The molecule has 0 atom stereocenters. The molecule has 0 fully saturated rings. The van der Waals surface area contributed by atoms with Crippen LogP contribution in [0.5, 0.6) is 0 Å². The van der Waals surface area contributed by atoms with Crippen molar-refractivity contribution >= 4 is 21.6 Å². The van der Waals surface area contributed by atoms with Gasteiger partial charge in [-0.25, -0.2) is 4.98 Å². The Labute approximate surface area is 119 Å². The maximum atomic E-state index is 12.6. The first-order valence-corrected chi connectivity index (χ1v) is 6.04. The van der Waals surface area contributed by atoms with Crippen molar-refractivity contribution in [2.75, 3.05) is 0 Å². The minimum atomic E-state index is -4.60. The molecule has 106 valence electrons. The average molecular weight is 350 g/mol. The molecule has 2 aromatic rings. The Kier molecular flexibility index (Phi) is 3.55. The maximum absolute atomic E-state index is 12.6. The predicted molar refractivity (Wildman–Crippen MR) is 68.0 cm³/mol. The highest BCUT2D eigenvalue weighted by Gasteiger charge is 2.35. The van der Waals surface area contributed by atoms with Gasteiger partial charge >= 0.3 is 6.18 Å². The van der Waals surface area contributed by atoms with Crippen LogP contribution < -0.4 is 0 Å². The fourth-order valence-electron chi connectivity index (χ4n) is 1.70. The Hall–Kier alpha value is -1.90. The van der Waals surface area contributed by atoms with Crippen molar-refractivity contribution in [3.63, 3.8) is 0 Å². The van der Waals surface area contributed by atoms with Crippen molar-refractivity contribution in [3.8, 4) is 11.4 Å². The quantitative estimate of drug-likeness (QED) is 0.612. The second-order valence-electron chi connectivity index (χ2n) is 3.98. The van der Waals surface area contributed by atoms with Crippen LogP contribution in [0.15, 0.2) is 28.9 Å². The number of halogens is 4. The van der Waals surface area contributed by atoms with E-state index in [1.165, 1.54) is 25.2 Å². The van der Waals surface area contributed by atoms with E-state index in [2.05, 4.69) is 20.9 Å². The van der Waals surface area contributed by atoms with E-state index in [1.807, 2.05) is 0 Å². The molecule has 1 aromatic heterocycles. The third kappa shape index (κ3) is 2.67. The molecule has 1 aromatic carbocycles. The summed E-state index contributed by atoms with van der Waals surface area (Å²) in [6, 6.07) is 4.08. The number of nitro benzene ring substituents is 1. The Bertz CT molecular complexity index is 682. The molecule has 0 aliphatic heterocycles. The summed E-state index contributed by atoms with van der Waals surface area (Å²) in [6.45, 7) is 0. The SMILES string of the molecule is Cn1cc(C(F)(F)F)nc1-c1ccc(Br)cc1[N+](=O)[O-]. The van der Waals surface area contributed by atoms with Crippen molar-refractivity contribution in [2.24, 2.45) is 7.05 Å². The van der Waals surface area contributed by atoms with Gasteiger partial charge in [0.25, 0.3) is 5.69 Å². The zero-order chi connectivity index (χ0) is 15.1. The number of rotatable bonds is 2. The molecule has 0 radical (unpaired) electrons. The fraction of sp³-hybridized carbons (Fsp3) is 0.182. The second kappa shape index (κ2) is 4.89. The molecule has 0 spiro atoms. The molecule has 0 N–H and O–H groups in total. The first-order chi connectivity index (χ1) is 9.20. The number of aryl methyl sites for hydroxylation is 1. The summed E-state index contributed by atoms with van der Waals surface area (Å²) in [5.41, 5.74) is -1.38. The van der Waals surface area contributed by atoms with Gasteiger partial charge in [-0.3, -0.25) is 10.1 Å². The molecular formula is C11H7BrF3N3O2. The van der Waals surface area contributed by atoms with Crippen LogP contribution in [0.1, 0.15) is 5.69 Å². The van der Waals surface area contributed by atoms with Gasteiger partial charge in [0.15, 0.2) is 5.69 Å². The first kappa shape index (κ1) is 14.5. The van der Waals surface area contributed by atoms with Crippen LogP contribution in [-0.2, 0) is 13.2 Å². The van der Waals surface area contributed by atoms with Gasteiger partial charge in [0.1, 0.15) is 5.82 Å². The van der Waals surface area contributed by atoms with E-state index in [0.717, 1.165) is 10.8 Å². The van der Waals surface area contributed by atoms with Gasteiger partial charge in [-0.2, -0.15) is 13.2 Å². The number of hydrogen-bond acceptors (Lipinski definition) is 3. The van der Waals surface area contributed by atoms with Gasteiger partial charge < -0.3 is 4.57 Å². The average Bonchev–Trinajstić information content (AvgIpc) is 2.71. The van der Waals surface area contributed by atoms with E-state index in [4.69, 9.17) is 0 Å². The number of aromatic nitrogens is 2. The third-order valence-electron chi connectivity index (χ3n) is 2.56. The normalized spacial score (nSPS) is 11.7. The Morgan fingerprint density at radius 2 is 2.05 bits per heavy atom. The number of alkyl halides is 3. The van der Waals surface area contributed by atoms with Crippen LogP contribution in [0.4, 0.5) is 18.9 Å². The van der Waals surface area contributed by atoms with Crippen molar-refractivity contribution in [1.82, 2.24) is 9.55 Å². The molecule has 0 aliphatic rings. The summed E-state index contributed by atoms with van der Waals surface area (Å²) >= 11 is 3.08. The van der Waals surface area contributed by atoms with Crippen molar-refractivity contribution in [3.05, 3.63) is 44.7 Å².